The zero-order valence-electron chi connectivity index (χ0n) is 16.2. The fraction of sp³-hybridized carbons (Fsp3) is 0.381. The minimum Gasteiger partial charge on any atom is -0.337 e. The zero-order chi connectivity index (χ0) is 20.3. The third-order valence-electron chi connectivity index (χ3n) is 5.07. The second-order valence-corrected chi connectivity index (χ2v) is 9.43. The molecular weight excluding hydrogens is 396 g/mol. The average Bonchev–Trinajstić information content (AvgIpc) is 3.24. The first kappa shape index (κ1) is 20.8. The maximum Gasteiger partial charge on any atom is 0.255 e. The van der Waals surface area contributed by atoms with Crippen LogP contribution in [0.5, 0.6) is 0 Å². The molecule has 0 saturated carbocycles. The number of rotatable bonds is 6. The highest BCUT2D eigenvalue weighted by Gasteiger charge is 2.28. The summed E-state index contributed by atoms with van der Waals surface area (Å²) in [5.41, 5.74) is 2.44. The Balaban J connectivity index is 1.82. The quantitative estimate of drug-likeness (QED) is 0.710. The highest BCUT2D eigenvalue weighted by atomic mass is 35.5. The first-order chi connectivity index (χ1) is 13.3. The third-order valence-corrected chi connectivity index (χ3v) is 7.29. The number of hydrogen-bond acceptors (Lipinski definition) is 3. The van der Waals surface area contributed by atoms with Crippen molar-refractivity contribution in [3.05, 3.63) is 64.2 Å². The Morgan fingerprint density at radius 1 is 1.07 bits per heavy atom. The van der Waals surface area contributed by atoms with Gasteiger partial charge in [-0.15, -0.1) is 0 Å². The van der Waals surface area contributed by atoms with Crippen LogP contribution in [0.4, 0.5) is 0 Å². The monoisotopic (exact) mass is 420 g/mol. The van der Waals surface area contributed by atoms with E-state index in [0.29, 0.717) is 19.6 Å². The van der Waals surface area contributed by atoms with E-state index in [1.54, 1.807) is 11.9 Å². The van der Waals surface area contributed by atoms with E-state index in [1.165, 1.54) is 28.1 Å². The predicted molar refractivity (Wildman–Crippen MR) is 111 cm³/mol. The molecule has 150 valence electrons. The normalized spacial score (nSPS) is 15.0. The molecule has 0 radical (unpaired) electrons. The highest BCUT2D eigenvalue weighted by molar-refractivity contribution is 7.89. The average molecular weight is 421 g/mol. The minimum atomic E-state index is -3.60. The molecule has 0 aromatic heterocycles. The van der Waals surface area contributed by atoms with Gasteiger partial charge in [0.1, 0.15) is 0 Å². The summed E-state index contributed by atoms with van der Waals surface area (Å²) in [6, 6.07) is 12.4. The summed E-state index contributed by atoms with van der Waals surface area (Å²) in [4.78, 5) is 14.6. The molecule has 1 aliphatic heterocycles. The van der Waals surface area contributed by atoms with Crippen molar-refractivity contribution in [3.8, 4) is 0 Å². The van der Waals surface area contributed by atoms with Crippen LogP contribution in [0.15, 0.2) is 47.4 Å². The Kier molecular flexibility index (Phi) is 6.43. The number of carbonyl (C=O) groups is 1. The lowest BCUT2D eigenvalue weighted by atomic mass is 10.1. The van der Waals surface area contributed by atoms with Crippen molar-refractivity contribution in [2.75, 3.05) is 20.1 Å². The molecule has 0 aliphatic carbocycles. The van der Waals surface area contributed by atoms with Gasteiger partial charge in [0.15, 0.2) is 0 Å². The van der Waals surface area contributed by atoms with Gasteiger partial charge in [0.05, 0.1) is 15.5 Å². The van der Waals surface area contributed by atoms with Crippen molar-refractivity contribution in [1.82, 2.24) is 9.21 Å². The van der Waals surface area contributed by atoms with Gasteiger partial charge in [0.25, 0.3) is 5.91 Å². The molecule has 5 nitrogen and oxygen atoms in total. The molecule has 2 aromatic rings. The maximum absolute atomic E-state index is 12.9. The number of sulfonamides is 1. The van der Waals surface area contributed by atoms with Gasteiger partial charge in [0.2, 0.25) is 10.0 Å². The number of aryl methyl sites for hydroxylation is 1. The predicted octanol–water partition coefficient (Wildman–Crippen LogP) is 3.96. The van der Waals surface area contributed by atoms with Gasteiger partial charge in [-0.05, 0) is 48.6 Å². The Bertz CT molecular complexity index is 952. The molecule has 0 spiro atoms. The van der Waals surface area contributed by atoms with Gasteiger partial charge in [-0.2, -0.15) is 4.31 Å². The number of hydrogen-bond donors (Lipinski definition) is 0. The van der Waals surface area contributed by atoms with E-state index in [-0.39, 0.29) is 21.4 Å². The molecule has 3 rings (SSSR count). The molecule has 1 amide bonds. The van der Waals surface area contributed by atoms with Crippen LogP contribution >= 0.6 is 11.6 Å². The van der Waals surface area contributed by atoms with Crippen molar-refractivity contribution in [2.24, 2.45) is 0 Å². The lowest BCUT2D eigenvalue weighted by molar-refractivity contribution is 0.0785. The zero-order valence-corrected chi connectivity index (χ0v) is 17.8. The summed E-state index contributed by atoms with van der Waals surface area (Å²) in [5, 5.41) is 0.249. The van der Waals surface area contributed by atoms with E-state index in [9.17, 15) is 13.2 Å². The number of benzene rings is 2. The molecule has 7 heteroatoms. The van der Waals surface area contributed by atoms with Gasteiger partial charge >= 0.3 is 0 Å². The van der Waals surface area contributed by atoms with E-state index in [2.05, 4.69) is 6.92 Å². The molecule has 1 fully saturated rings. The van der Waals surface area contributed by atoms with Crippen LogP contribution in [0.2, 0.25) is 5.02 Å². The van der Waals surface area contributed by atoms with Crippen LogP contribution < -0.4 is 0 Å². The third kappa shape index (κ3) is 4.40. The van der Waals surface area contributed by atoms with Gasteiger partial charge in [-0.25, -0.2) is 8.42 Å². The SMILES string of the molecule is CCc1ccc(CN(C)C(=O)c2cc(S(=O)(=O)N3CCCC3)ccc2Cl)cc1. The standard InChI is InChI=1S/C21H25ClN2O3S/c1-3-16-6-8-17(9-7-16)15-23(2)21(25)19-14-18(10-11-20(19)22)28(26,27)24-12-4-5-13-24/h6-11,14H,3-5,12-13,15H2,1-2H3. The van der Waals surface area contributed by atoms with Gasteiger partial charge in [0, 0.05) is 26.7 Å². The van der Waals surface area contributed by atoms with Crippen LogP contribution in [0.1, 0.15) is 41.3 Å². The molecular formula is C21H25ClN2O3S. The lowest BCUT2D eigenvalue weighted by Gasteiger charge is -2.20. The maximum atomic E-state index is 12.9. The first-order valence-corrected chi connectivity index (χ1v) is 11.3. The van der Waals surface area contributed by atoms with Crippen LogP contribution in [0, 0.1) is 0 Å². The topological polar surface area (TPSA) is 57.7 Å². The minimum absolute atomic E-state index is 0.114. The van der Waals surface area contributed by atoms with Crippen LogP contribution in [-0.2, 0) is 23.0 Å². The van der Waals surface area contributed by atoms with Crippen LogP contribution in [-0.4, -0.2) is 43.7 Å². The van der Waals surface area contributed by atoms with Gasteiger partial charge < -0.3 is 4.90 Å². The Hall–Kier alpha value is -1.89. The van der Waals surface area contributed by atoms with Crippen LogP contribution in [0.25, 0.3) is 0 Å². The number of halogens is 1. The summed E-state index contributed by atoms with van der Waals surface area (Å²) in [6.07, 6.45) is 2.68. The largest absolute Gasteiger partial charge is 0.337 e. The van der Waals surface area contributed by atoms with Crippen molar-refractivity contribution in [3.63, 3.8) is 0 Å². The van der Waals surface area contributed by atoms with Crippen molar-refractivity contribution >= 4 is 27.5 Å². The molecule has 1 saturated heterocycles. The van der Waals surface area contributed by atoms with Gasteiger partial charge in [-0.3, -0.25) is 4.79 Å². The summed E-state index contributed by atoms with van der Waals surface area (Å²) >= 11 is 6.23. The van der Waals surface area contributed by atoms with Crippen molar-refractivity contribution < 1.29 is 13.2 Å². The fourth-order valence-corrected chi connectivity index (χ4v) is 5.08. The molecule has 0 bridgehead atoms. The number of amides is 1. The molecule has 2 aromatic carbocycles. The smallest absolute Gasteiger partial charge is 0.255 e. The Labute approximate surface area is 172 Å². The van der Waals surface area contributed by atoms with Crippen molar-refractivity contribution in [2.45, 2.75) is 37.6 Å². The number of carbonyl (C=O) groups excluding carboxylic acids is 1. The van der Waals surface area contributed by atoms with Crippen LogP contribution in [0.3, 0.4) is 0 Å². The molecule has 0 atom stereocenters. The Morgan fingerprint density at radius 2 is 1.68 bits per heavy atom. The first-order valence-electron chi connectivity index (χ1n) is 9.46. The van der Waals surface area contributed by atoms with Gasteiger partial charge in [-0.1, -0.05) is 42.8 Å². The molecule has 0 unspecified atom stereocenters. The number of nitrogens with zero attached hydrogens (tertiary/aromatic N) is 2. The summed E-state index contributed by atoms with van der Waals surface area (Å²) in [5.74, 6) is -0.303. The van der Waals surface area contributed by atoms with E-state index in [4.69, 9.17) is 11.6 Å². The summed E-state index contributed by atoms with van der Waals surface area (Å²) in [6.45, 7) is 3.54. The molecule has 0 N–H and O–H groups in total. The van der Waals surface area contributed by atoms with E-state index >= 15 is 0 Å². The molecule has 1 aliphatic rings. The van der Waals surface area contributed by atoms with E-state index in [0.717, 1.165) is 24.8 Å². The van der Waals surface area contributed by atoms with E-state index in [1.807, 2.05) is 24.3 Å². The fourth-order valence-electron chi connectivity index (χ4n) is 3.34. The summed E-state index contributed by atoms with van der Waals surface area (Å²) < 4.78 is 27.1. The highest BCUT2D eigenvalue weighted by Crippen LogP contribution is 2.26. The second kappa shape index (κ2) is 8.64. The molecule has 1 heterocycles. The van der Waals surface area contributed by atoms with Crippen molar-refractivity contribution in [1.29, 1.82) is 0 Å². The second-order valence-electron chi connectivity index (χ2n) is 7.08. The summed E-state index contributed by atoms with van der Waals surface area (Å²) in [7, 11) is -1.91. The van der Waals surface area contributed by atoms with E-state index < -0.39 is 10.0 Å². The lowest BCUT2D eigenvalue weighted by Crippen LogP contribution is -2.29. The molecule has 28 heavy (non-hydrogen) atoms. The Morgan fingerprint density at radius 3 is 2.29 bits per heavy atom.